The average molecular weight is 275 g/mol. The molecule has 1 aromatic rings. The number of carbonyl (C=O) groups excluding carboxylic acids is 1. The molecule has 0 saturated carbocycles. The van der Waals surface area contributed by atoms with Crippen LogP contribution in [0.3, 0.4) is 0 Å². The molecule has 0 unspecified atom stereocenters. The van der Waals surface area contributed by atoms with Crippen molar-refractivity contribution in [1.29, 1.82) is 0 Å². The van der Waals surface area contributed by atoms with Crippen molar-refractivity contribution in [3.63, 3.8) is 0 Å². The van der Waals surface area contributed by atoms with Crippen molar-refractivity contribution >= 4 is 18.4 Å². The van der Waals surface area contributed by atoms with Crippen LogP contribution in [0, 0.1) is 6.92 Å². The van der Waals surface area contributed by atoms with Gasteiger partial charge in [0.2, 0.25) is 0 Å². The van der Waals surface area contributed by atoms with E-state index in [0.717, 1.165) is 16.7 Å². The van der Waals surface area contributed by atoms with Gasteiger partial charge in [0.25, 0.3) is 0 Å². The minimum absolute atomic E-state index is 0.119. The molecule has 4 nitrogen and oxygen atoms in total. The number of nitrogens with zero attached hydrogens (tertiary/aromatic N) is 1. The Morgan fingerprint density at radius 2 is 1.80 bits per heavy atom. The predicted octanol–water partition coefficient (Wildman–Crippen LogP) is 1.82. The highest BCUT2D eigenvalue weighted by molar-refractivity contribution is 6.63. The first-order valence-corrected chi connectivity index (χ1v) is 6.93. The third-order valence-corrected chi connectivity index (χ3v) is 4.21. The first-order valence-electron chi connectivity index (χ1n) is 6.93. The van der Waals surface area contributed by atoms with Crippen molar-refractivity contribution in [1.82, 2.24) is 4.98 Å². The number of hydrogen-bond donors (Lipinski definition) is 0. The van der Waals surface area contributed by atoms with Crippen molar-refractivity contribution in [3.8, 4) is 0 Å². The molecule has 5 heteroatoms. The third-order valence-electron chi connectivity index (χ3n) is 4.21. The molecular weight excluding hydrogens is 253 g/mol. The van der Waals surface area contributed by atoms with Crippen LogP contribution < -0.4 is 5.46 Å². The Morgan fingerprint density at radius 1 is 1.25 bits per heavy atom. The molecule has 0 amide bonds. The van der Waals surface area contributed by atoms with Crippen molar-refractivity contribution in [2.45, 2.75) is 59.2 Å². The third kappa shape index (κ3) is 2.65. The Kier molecular flexibility index (Phi) is 3.78. The molecule has 108 valence electrons. The molecule has 0 N–H and O–H groups in total. The van der Waals surface area contributed by atoms with E-state index in [1.165, 1.54) is 0 Å². The van der Waals surface area contributed by atoms with E-state index < -0.39 is 18.3 Å². The van der Waals surface area contributed by atoms with E-state index in [0.29, 0.717) is 6.42 Å². The fraction of sp³-hybridized carbons (Fsp3) is 0.600. The van der Waals surface area contributed by atoms with Crippen LogP contribution in [-0.4, -0.2) is 29.1 Å². The minimum atomic E-state index is -0.469. The summed E-state index contributed by atoms with van der Waals surface area (Å²) in [5.74, 6) is 0.119. The van der Waals surface area contributed by atoms with Crippen LogP contribution in [0.5, 0.6) is 0 Å². The van der Waals surface area contributed by atoms with Gasteiger partial charge < -0.3 is 9.31 Å². The maximum absolute atomic E-state index is 11.4. The summed E-state index contributed by atoms with van der Waals surface area (Å²) in [6.45, 7) is 11.6. The molecule has 20 heavy (non-hydrogen) atoms. The largest absolute Gasteiger partial charge is 0.497 e. The van der Waals surface area contributed by atoms with Gasteiger partial charge in [-0.2, -0.15) is 0 Å². The summed E-state index contributed by atoms with van der Waals surface area (Å²) in [6, 6.07) is 1.87. The van der Waals surface area contributed by atoms with Crippen LogP contribution in [-0.2, 0) is 20.5 Å². The van der Waals surface area contributed by atoms with E-state index in [9.17, 15) is 4.79 Å². The minimum Gasteiger partial charge on any atom is -0.399 e. The van der Waals surface area contributed by atoms with Gasteiger partial charge in [-0.3, -0.25) is 9.78 Å². The number of carbonyl (C=O) groups is 1. The van der Waals surface area contributed by atoms with E-state index >= 15 is 0 Å². The van der Waals surface area contributed by atoms with Crippen LogP contribution in [0.2, 0.25) is 0 Å². The van der Waals surface area contributed by atoms with Crippen molar-refractivity contribution in [2.24, 2.45) is 0 Å². The Hall–Kier alpha value is -1.20. The van der Waals surface area contributed by atoms with Crippen LogP contribution in [0.4, 0.5) is 0 Å². The number of hydrogen-bond acceptors (Lipinski definition) is 4. The van der Waals surface area contributed by atoms with Crippen molar-refractivity contribution in [3.05, 3.63) is 23.5 Å². The highest BCUT2D eigenvalue weighted by Gasteiger charge is 2.52. The van der Waals surface area contributed by atoms with E-state index in [2.05, 4.69) is 4.98 Å². The molecule has 0 spiro atoms. The van der Waals surface area contributed by atoms with E-state index in [1.807, 2.05) is 40.7 Å². The Morgan fingerprint density at radius 3 is 2.30 bits per heavy atom. The average Bonchev–Trinajstić information content (AvgIpc) is 2.46. The number of Topliss-reactive ketones (excluding diaryl/α,β-unsaturated/α-hetero) is 1. The Bertz CT molecular complexity index is 524. The summed E-state index contributed by atoms with van der Waals surface area (Å²) in [7, 11) is -0.469. The molecule has 2 heterocycles. The topological polar surface area (TPSA) is 48.4 Å². The molecule has 0 aromatic carbocycles. The molecule has 0 radical (unpaired) electrons. The lowest BCUT2D eigenvalue weighted by atomic mass is 9.74. The molecular formula is C15H22BNO3. The lowest BCUT2D eigenvalue weighted by Crippen LogP contribution is -2.41. The second-order valence-electron chi connectivity index (χ2n) is 6.44. The number of pyridine rings is 1. The smallest absolute Gasteiger partial charge is 0.399 e. The van der Waals surface area contributed by atoms with Crippen LogP contribution >= 0.6 is 0 Å². The molecule has 0 bridgehead atoms. The fourth-order valence-corrected chi connectivity index (χ4v) is 2.34. The van der Waals surface area contributed by atoms with Crippen LogP contribution in [0.15, 0.2) is 12.3 Å². The lowest BCUT2D eigenvalue weighted by molar-refractivity contribution is -0.116. The van der Waals surface area contributed by atoms with Gasteiger partial charge in [0.05, 0.1) is 11.2 Å². The molecule has 1 fully saturated rings. The molecule has 1 aromatic heterocycles. The molecule has 0 atom stereocenters. The van der Waals surface area contributed by atoms with Crippen molar-refractivity contribution < 1.29 is 14.1 Å². The van der Waals surface area contributed by atoms with Gasteiger partial charge in [0.15, 0.2) is 0 Å². The molecule has 1 aliphatic rings. The van der Waals surface area contributed by atoms with E-state index in [-0.39, 0.29) is 5.78 Å². The SMILES string of the molecule is CC(=O)Cc1ccnc(C)c1B1OC(C)(C)C(C)(C)O1. The standard InChI is InChI=1S/C15H22BNO3/c1-10(18)9-12-7-8-17-11(2)13(12)16-19-14(3,4)15(5,6)20-16/h7-8H,9H2,1-6H3. The molecule has 1 aliphatic heterocycles. The van der Waals surface area contributed by atoms with Gasteiger partial charge >= 0.3 is 7.12 Å². The zero-order chi connectivity index (χ0) is 15.1. The number of rotatable bonds is 3. The van der Waals surface area contributed by atoms with Gasteiger partial charge in [-0.1, -0.05) is 0 Å². The highest BCUT2D eigenvalue weighted by Crippen LogP contribution is 2.36. The highest BCUT2D eigenvalue weighted by atomic mass is 16.7. The molecule has 1 saturated heterocycles. The zero-order valence-corrected chi connectivity index (χ0v) is 13.1. The maximum atomic E-state index is 11.4. The summed E-state index contributed by atoms with van der Waals surface area (Å²) in [6.07, 6.45) is 2.10. The monoisotopic (exact) mass is 275 g/mol. The number of aromatic nitrogens is 1. The fourth-order valence-electron chi connectivity index (χ4n) is 2.34. The van der Waals surface area contributed by atoms with Gasteiger partial charge in [0.1, 0.15) is 5.78 Å². The number of aryl methyl sites for hydroxylation is 1. The maximum Gasteiger partial charge on any atom is 0.497 e. The van der Waals surface area contributed by atoms with Crippen molar-refractivity contribution in [2.75, 3.05) is 0 Å². The summed E-state index contributed by atoms with van der Waals surface area (Å²) in [5.41, 5.74) is 1.88. The zero-order valence-electron chi connectivity index (χ0n) is 13.1. The Balaban J connectivity index is 2.41. The quantitative estimate of drug-likeness (QED) is 0.789. The molecule has 2 rings (SSSR count). The molecule has 0 aliphatic carbocycles. The lowest BCUT2D eigenvalue weighted by Gasteiger charge is -2.32. The van der Waals surface area contributed by atoms with Gasteiger partial charge in [-0.05, 0) is 53.2 Å². The second kappa shape index (κ2) is 4.97. The van der Waals surface area contributed by atoms with Gasteiger partial charge in [0, 0.05) is 23.8 Å². The summed E-state index contributed by atoms with van der Waals surface area (Å²) in [4.78, 5) is 15.8. The van der Waals surface area contributed by atoms with Gasteiger partial charge in [-0.15, -0.1) is 0 Å². The van der Waals surface area contributed by atoms with E-state index in [4.69, 9.17) is 9.31 Å². The van der Waals surface area contributed by atoms with Gasteiger partial charge in [-0.25, -0.2) is 0 Å². The van der Waals surface area contributed by atoms with Crippen LogP contribution in [0.25, 0.3) is 0 Å². The first-order chi connectivity index (χ1) is 9.14. The first kappa shape index (κ1) is 15.2. The summed E-state index contributed by atoms with van der Waals surface area (Å²) < 4.78 is 12.2. The van der Waals surface area contributed by atoms with Crippen LogP contribution in [0.1, 0.15) is 45.9 Å². The van der Waals surface area contributed by atoms with E-state index in [1.54, 1.807) is 13.1 Å². The normalized spacial score (nSPS) is 20.2. The predicted molar refractivity (Wildman–Crippen MR) is 79.1 cm³/mol. The summed E-state index contributed by atoms with van der Waals surface area (Å²) >= 11 is 0. The second-order valence-corrected chi connectivity index (χ2v) is 6.44. The number of ketones is 1. The Labute approximate surface area is 121 Å². The summed E-state index contributed by atoms with van der Waals surface area (Å²) in [5, 5.41) is 0.